The topological polar surface area (TPSA) is 102 Å². The number of benzene rings is 4. The molecule has 0 saturated carbocycles. The van der Waals surface area contributed by atoms with Crippen molar-refractivity contribution in [3.8, 4) is 5.75 Å². The Balaban J connectivity index is 0.000000222. The van der Waals surface area contributed by atoms with Gasteiger partial charge < -0.3 is 4.74 Å². The first-order valence-electron chi connectivity index (χ1n) is 11.1. The van der Waals surface area contributed by atoms with Crippen molar-refractivity contribution in [1.82, 2.24) is 0 Å². The van der Waals surface area contributed by atoms with E-state index in [9.17, 15) is 16.8 Å². The molecule has 0 heterocycles. The van der Waals surface area contributed by atoms with Crippen LogP contribution in [-0.4, -0.2) is 23.9 Å². The van der Waals surface area contributed by atoms with Crippen molar-refractivity contribution in [3.05, 3.63) is 109 Å². The molecule has 0 spiro atoms. The van der Waals surface area contributed by atoms with E-state index in [2.05, 4.69) is 25.4 Å². The Labute approximate surface area is 261 Å². The van der Waals surface area contributed by atoms with E-state index in [-0.39, 0.29) is 24.9 Å². The van der Waals surface area contributed by atoms with Crippen LogP contribution in [0.1, 0.15) is 5.56 Å². The lowest BCUT2D eigenvalue weighted by Gasteiger charge is -2.12. The molecule has 0 radical (unpaired) electrons. The Morgan fingerprint density at radius 1 is 0.700 bits per heavy atom. The van der Waals surface area contributed by atoms with Gasteiger partial charge in [0, 0.05) is 20.9 Å². The predicted molar refractivity (Wildman–Crippen MR) is 166 cm³/mol. The van der Waals surface area contributed by atoms with Crippen molar-refractivity contribution in [2.24, 2.45) is 0 Å². The van der Waals surface area contributed by atoms with E-state index >= 15 is 0 Å². The SMILES string of the molecule is COc1ccc(S(=O)(=O)Nc2cccc(Br)c2)c(Cl)c1Cl.Cc1ccc(NS(=O)(=O)c2cc(Cl)ccc2Cl)cc1. The lowest BCUT2D eigenvalue weighted by molar-refractivity contribution is 0.414. The van der Waals surface area contributed by atoms with Gasteiger partial charge in [-0.25, -0.2) is 16.8 Å². The molecule has 0 unspecified atom stereocenters. The molecule has 4 aromatic rings. The van der Waals surface area contributed by atoms with Crippen LogP contribution in [0.3, 0.4) is 0 Å². The van der Waals surface area contributed by atoms with E-state index in [1.165, 1.54) is 37.4 Å². The highest BCUT2D eigenvalue weighted by Crippen LogP contribution is 2.37. The second-order valence-electron chi connectivity index (χ2n) is 8.06. The summed E-state index contributed by atoms with van der Waals surface area (Å²) in [4.78, 5) is -0.155. The summed E-state index contributed by atoms with van der Waals surface area (Å²) in [5, 5.41) is 0.410. The lowest BCUT2D eigenvalue weighted by Crippen LogP contribution is -2.13. The number of aryl methyl sites for hydroxylation is 1. The molecule has 212 valence electrons. The highest BCUT2D eigenvalue weighted by atomic mass is 79.9. The van der Waals surface area contributed by atoms with Crippen LogP contribution in [0.5, 0.6) is 5.75 Å². The van der Waals surface area contributed by atoms with Crippen LogP contribution >= 0.6 is 62.3 Å². The maximum atomic E-state index is 12.4. The summed E-state index contributed by atoms with van der Waals surface area (Å²) in [6.07, 6.45) is 0. The molecule has 0 saturated heterocycles. The van der Waals surface area contributed by atoms with E-state index in [1.54, 1.807) is 36.4 Å². The van der Waals surface area contributed by atoms with Crippen LogP contribution in [0.25, 0.3) is 0 Å². The molecule has 7 nitrogen and oxygen atoms in total. The molecule has 0 aromatic heterocycles. The first-order chi connectivity index (χ1) is 18.7. The van der Waals surface area contributed by atoms with Gasteiger partial charge in [0.15, 0.2) is 0 Å². The largest absolute Gasteiger partial charge is 0.495 e. The number of methoxy groups -OCH3 is 1. The van der Waals surface area contributed by atoms with Crippen molar-refractivity contribution < 1.29 is 21.6 Å². The number of ether oxygens (including phenoxy) is 1. The minimum Gasteiger partial charge on any atom is -0.495 e. The van der Waals surface area contributed by atoms with Crippen molar-refractivity contribution >= 4 is 93.8 Å². The predicted octanol–water partition coefficient (Wildman–Crippen LogP) is 8.67. The number of anilines is 2. The summed E-state index contributed by atoms with van der Waals surface area (Å²) in [6, 6.07) is 20.9. The second-order valence-corrected chi connectivity index (χ2v) is 13.9. The molecule has 0 aliphatic rings. The Hall–Kier alpha value is -2.18. The van der Waals surface area contributed by atoms with E-state index < -0.39 is 20.0 Å². The Kier molecular flexibility index (Phi) is 11.0. The number of rotatable bonds is 7. The van der Waals surface area contributed by atoms with Crippen LogP contribution in [0.4, 0.5) is 11.4 Å². The van der Waals surface area contributed by atoms with Gasteiger partial charge in [-0.05, 0) is 67.6 Å². The maximum absolute atomic E-state index is 12.4. The number of hydrogen-bond acceptors (Lipinski definition) is 5. The average Bonchev–Trinajstić information content (AvgIpc) is 2.88. The molecule has 0 atom stereocenters. The minimum absolute atomic E-state index is 0.0396. The molecular formula is C26H21BrCl4N2O5S2. The zero-order chi connectivity index (χ0) is 29.7. The van der Waals surface area contributed by atoms with Crippen molar-refractivity contribution in [3.63, 3.8) is 0 Å². The van der Waals surface area contributed by atoms with E-state index in [1.807, 2.05) is 19.1 Å². The number of hydrogen-bond donors (Lipinski definition) is 2. The van der Waals surface area contributed by atoms with Gasteiger partial charge in [-0.15, -0.1) is 0 Å². The van der Waals surface area contributed by atoms with Gasteiger partial charge in [-0.1, -0.05) is 86.1 Å². The second kappa shape index (κ2) is 13.7. The molecule has 14 heteroatoms. The van der Waals surface area contributed by atoms with Crippen molar-refractivity contribution in [2.75, 3.05) is 16.6 Å². The normalized spacial score (nSPS) is 11.3. The number of halogens is 5. The summed E-state index contributed by atoms with van der Waals surface area (Å²) < 4.78 is 59.8. The first-order valence-corrected chi connectivity index (χ1v) is 16.4. The van der Waals surface area contributed by atoms with Gasteiger partial charge in [0.05, 0.1) is 17.2 Å². The van der Waals surface area contributed by atoms with Gasteiger partial charge in [-0.2, -0.15) is 0 Å². The minimum atomic E-state index is -3.85. The van der Waals surface area contributed by atoms with E-state index in [4.69, 9.17) is 51.1 Å². The summed E-state index contributed by atoms with van der Waals surface area (Å²) in [5.74, 6) is 0.308. The van der Waals surface area contributed by atoms with Crippen LogP contribution in [0.15, 0.2) is 93.1 Å². The summed E-state index contributed by atoms with van der Waals surface area (Å²) in [6.45, 7) is 1.92. The Morgan fingerprint density at radius 3 is 1.95 bits per heavy atom. The smallest absolute Gasteiger partial charge is 0.263 e. The third kappa shape index (κ3) is 8.42. The van der Waals surface area contributed by atoms with Gasteiger partial charge in [0.2, 0.25) is 0 Å². The summed E-state index contributed by atoms with van der Waals surface area (Å²) in [5.41, 5.74) is 1.93. The molecule has 0 bridgehead atoms. The highest BCUT2D eigenvalue weighted by Gasteiger charge is 2.22. The fraction of sp³-hybridized carbons (Fsp3) is 0.0769. The van der Waals surface area contributed by atoms with E-state index in [0.29, 0.717) is 22.1 Å². The van der Waals surface area contributed by atoms with Crippen molar-refractivity contribution in [2.45, 2.75) is 16.7 Å². The fourth-order valence-corrected chi connectivity index (χ4v) is 7.27. The molecule has 0 amide bonds. The van der Waals surface area contributed by atoms with E-state index in [0.717, 1.165) is 10.0 Å². The molecule has 0 aliphatic carbocycles. The van der Waals surface area contributed by atoms with Crippen LogP contribution in [0, 0.1) is 6.92 Å². The molecule has 2 N–H and O–H groups in total. The van der Waals surface area contributed by atoms with Gasteiger partial charge in [-0.3, -0.25) is 9.44 Å². The fourth-order valence-electron chi connectivity index (χ4n) is 3.16. The zero-order valence-corrected chi connectivity index (χ0v) is 27.0. The van der Waals surface area contributed by atoms with Crippen molar-refractivity contribution in [1.29, 1.82) is 0 Å². The monoisotopic (exact) mass is 724 g/mol. The van der Waals surface area contributed by atoms with Crippen LogP contribution < -0.4 is 14.2 Å². The number of sulfonamides is 2. The Bertz CT molecular complexity index is 1740. The third-order valence-electron chi connectivity index (χ3n) is 5.08. The van der Waals surface area contributed by atoms with Crippen LogP contribution in [-0.2, 0) is 20.0 Å². The molecule has 40 heavy (non-hydrogen) atoms. The Morgan fingerprint density at radius 2 is 1.32 bits per heavy atom. The third-order valence-corrected chi connectivity index (χ3v) is 10.1. The molecule has 0 aliphatic heterocycles. The molecular weight excluding hydrogens is 706 g/mol. The maximum Gasteiger partial charge on any atom is 0.263 e. The highest BCUT2D eigenvalue weighted by molar-refractivity contribution is 9.10. The van der Waals surface area contributed by atoms with Gasteiger partial charge in [0.1, 0.15) is 20.6 Å². The molecule has 4 rings (SSSR count). The first kappa shape index (κ1) is 32.3. The summed E-state index contributed by atoms with van der Waals surface area (Å²) in [7, 11) is -6.17. The average molecular weight is 727 g/mol. The molecule has 0 fully saturated rings. The lowest BCUT2D eigenvalue weighted by atomic mass is 10.2. The number of nitrogens with one attached hydrogen (secondary N) is 2. The standard InChI is InChI=1S/C13H10BrCl2NO3S.C13H11Cl2NO2S/c1-20-10-5-6-11(13(16)12(10)15)21(18,19)17-9-4-2-3-8(14)7-9;1-9-2-5-11(6-3-9)16-19(17,18)13-8-10(14)4-7-12(13)15/h2-7,17H,1H3;2-8,16H,1H3. The molecule has 4 aromatic carbocycles. The summed E-state index contributed by atoms with van der Waals surface area (Å²) >= 11 is 27.0. The van der Waals surface area contributed by atoms with Crippen LogP contribution in [0.2, 0.25) is 20.1 Å². The zero-order valence-electron chi connectivity index (χ0n) is 20.8. The van der Waals surface area contributed by atoms with Gasteiger partial charge in [0.25, 0.3) is 20.0 Å². The van der Waals surface area contributed by atoms with Gasteiger partial charge >= 0.3 is 0 Å². The quantitative estimate of drug-likeness (QED) is 0.199.